The van der Waals surface area contributed by atoms with Crippen molar-refractivity contribution >= 4 is 29.0 Å². The highest BCUT2D eigenvalue weighted by molar-refractivity contribution is 7.12. The Kier molecular flexibility index (Phi) is 5.34. The van der Waals surface area contributed by atoms with Crippen molar-refractivity contribution in [2.24, 2.45) is 0 Å². The molecule has 1 aromatic rings. The fraction of sp³-hybridized carbons (Fsp3) is 0.562. The minimum Gasteiger partial charge on any atom is -0.453 e. The Morgan fingerprint density at radius 3 is 2.55 bits per heavy atom. The van der Waals surface area contributed by atoms with Crippen LogP contribution < -0.4 is 5.32 Å². The zero-order chi connectivity index (χ0) is 16.3. The number of ether oxygens (including phenoxy) is 1. The Morgan fingerprint density at radius 2 is 2.00 bits per heavy atom. The molecule has 2 rings (SSSR count). The second-order valence-electron chi connectivity index (χ2n) is 5.67. The van der Waals surface area contributed by atoms with Crippen LogP contribution in [0.25, 0.3) is 0 Å². The van der Waals surface area contributed by atoms with Crippen molar-refractivity contribution in [1.29, 1.82) is 0 Å². The quantitative estimate of drug-likeness (QED) is 0.618. The van der Waals surface area contributed by atoms with Crippen molar-refractivity contribution in [1.82, 2.24) is 5.32 Å². The summed E-state index contributed by atoms with van der Waals surface area (Å²) < 4.78 is 5.06. The molecule has 0 aromatic carbocycles. The van der Waals surface area contributed by atoms with E-state index in [1.807, 2.05) is 19.9 Å². The predicted octanol–water partition coefficient (Wildman–Crippen LogP) is 2.54. The highest BCUT2D eigenvalue weighted by Crippen LogP contribution is 2.22. The zero-order valence-electron chi connectivity index (χ0n) is 13.1. The Morgan fingerprint density at radius 1 is 1.32 bits per heavy atom. The van der Waals surface area contributed by atoms with E-state index in [0.717, 1.165) is 22.6 Å². The van der Waals surface area contributed by atoms with Gasteiger partial charge in [0.1, 0.15) is 0 Å². The summed E-state index contributed by atoms with van der Waals surface area (Å²) in [5.41, 5.74) is 0.676. The molecule has 1 aliphatic rings. The van der Waals surface area contributed by atoms with Gasteiger partial charge in [0.2, 0.25) is 0 Å². The van der Waals surface area contributed by atoms with Crippen LogP contribution in [0.15, 0.2) is 6.07 Å². The molecule has 1 atom stereocenters. The summed E-state index contributed by atoms with van der Waals surface area (Å²) in [6.07, 6.45) is 1.26. The van der Waals surface area contributed by atoms with Crippen molar-refractivity contribution in [3.8, 4) is 0 Å². The van der Waals surface area contributed by atoms with Crippen molar-refractivity contribution < 1.29 is 19.1 Å². The Hall–Kier alpha value is -1.69. The first-order valence-corrected chi connectivity index (χ1v) is 8.28. The maximum atomic E-state index is 12.1. The first-order valence-electron chi connectivity index (χ1n) is 7.47. The smallest absolute Gasteiger partial charge is 0.307 e. The molecule has 0 saturated heterocycles. The van der Waals surface area contributed by atoms with Crippen molar-refractivity contribution in [3.63, 3.8) is 0 Å². The third-order valence-electron chi connectivity index (χ3n) is 3.50. The van der Waals surface area contributed by atoms with E-state index in [9.17, 15) is 14.4 Å². The van der Waals surface area contributed by atoms with Gasteiger partial charge in [0.05, 0.1) is 6.42 Å². The molecule has 0 spiro atoms. The van der Waals surface area contributed by atoms with Crippen LogP contribution in [-0.4, -0.2) is 29.8 Å². The Labute approximate surface area is 134 Å². The lowest BCUT2D eigenvalue weighted by atomic mass is 10.1. The van der Waals surface area contributed by atoms with Crippen LogP contribution in [0.4, 0.5) is 0 Å². The van der Waals surface area contributed by atoms with Crippen molar-refractivity contribution in [2.45, 2.75) is 58.6 Å². The van der Waals surface area contributed by atoms with Gasteiger partial charge in [-0.1, -0.05) is 0 Å². The number of carbonyl (C=O) groups excluding carboxylic acids is 3. The number of thiophene rings is 1. The van der Waals surface area contributed by atoms with E-state index in [1.165, 1.54) is 0 Å². The van der Waals surface area contributed by atoms with E-state index in [0.29, 0.717) is 5.56 Å². The summed E-state index contributed by atoms with van der Waals surface area (Å²) in [5.74, 6) is -0.850. The first-order chi connectivity index (χ1) is 10.4. The molecular weight excluding hydrogens is 302 g/mol. The average Bonchev–Trinajstić information content (AvgIpc) is 3.19. The molecule has 1 fully saturated rings. The number of rotatable bonds is 7. The molecule has 1 aliphatic carbocycles. The minimum atomic E-state index is -0.812. The molecule has 0 unspecified atom stereocenters. The molecule has 1 amide bonds. The standard InChI is InChI=1S/C16H21NO4S/c1-9-8-13(11(3)22-9)14(18)6-7-15(19)21-10(2)16(20)17-12-4-5-12/h8,10,12H,4-7H2,1-3H3,(H,17,20)/t10-/m1/s1. The molecule has 1 heterocycles. The molecule has 120 valence electrons. The lowest BCUT2D eigenvalue weighted by molar-refractivity contribution is -0.154. The molecule has 6 heteroatoms. The maximum Gasteiger partial charge on any atom is 0.307 e. The normalized spacial score (nSPS) is 15.2. The van der Waals surface area contributed by atoms with Gasteiger partial charge in [0.15, 0.2) is 11.9 Å². The minimum absolute atomic E-state index is 0.00574. The van der Waals surface area contributed by atoms with Gasteiger partial charge in [-0.2, -0.15) is 0 Å². The lowest BCUT2D eigenvalue weighted by Gasteiger charge is -2.12. The number of hydrogen-bond acceptors (Lipinski definition) is 5. The number of aryl methyl sites for hydroxylation is 2. The summed E-state index contributed by atoms with van der Waals surface area (Å²) in [6, 6.07) is 2.08. The maximum absolute atomic E-state index is 12.1. The molecule has 1 aromatic heterocycles. The van der Waals surface area contributed by atoms with Crippen LogP contribution in [-0.2, 0) is 14.3 Å². The Bertz CT molecular complexity index is 589. The second-order valence-corrected chi connectivity index (χ2v) is 7.13. The van der Waals surface area contributed by atoms with Gasteiger partial charge in [-0.05, 0) is 39.7 Å². The molecular formula is C16H21NO4S. The average molecular weight is 323 g/mol. The highest BCUT2D eigenvalue weighted by atomic mass is 32.1. The summed E-state index contributed by atoms with van der Waals surface area (Å²) in [4.78, 5) is 37.5. The van der Waals surface area contributed by atoms with E-state index in [-0.39, 0.29) is 30.6 Å². The molecule has 5 nitrogen and oxygen atoms in total. The van der Waals surface area contributed by atoms with Crippen LogP contribution in [0.2, 0.25) is 0 Å². The largest absolute Gasteiger partial charge is 0.453 e. The number of ketones is 1. The van der Waals surface area contributed by atoms with Crippen molar-refractivity contribution in [2.75, 3.05) is 0 Å². The molecule has 1 N–H and O–H groups in total. The third kappa shape index (κ3) is 4.66. The van der Waals surface area contributed by atoms with E-state index in [2.05, 4.69) is 5.32 Å². The number of Topliss-reactive ketones (excluding diaryl/α,β-unsaturated/α-hetero) is 1. The van der Waals surface area contributed by atoms with E-state index in [4.69, 9.17) is 4.74 Å². The van der Waals surface area contributed by atoms with Crippen LogP contribution in [0.3, 0.4) is 0 Å². The number of amides is 1. The van der Waals surface area contributed by atoms with Gasteiger partial charge in [0, 0.05) is 27.8 Å². The SMILES string of the molecule is Cc1cc(C(=O)CCC(=O)O[C@H](C)C(=O)NC2CC2)c(C)s1. The van der Waals surface area contributed by atoms with Gasteiger partial charge in [-0.3, -0.25) is 14.4 Å². The number of hydrogen-bond donors (Lipinski definition) is 1. The molecule has 0 aliphatic heterocycles. The molecule has 0 bridgehead atoms. The highest BCUT2D eigenvalue weighted by Gasteiger charge is 2.27. The van der Waals surface area contributed by atoms with Crippen LogP contribution in [0, 0.1) is 13.8 Å². The molecule has 0 radical (unpaired) electrons. The summed E-state index contributed by atoms with van der Waals surface area (Å²) in [7, 11) is 0. The Balaban J connectivity index is 1.75. The topological polar surface area (TPSA) is 72.5 Å². The van der Waals surface area contributed by atoms with E-state index < -0.39 is 12.1 Å². The zero-order valence-corrected chi connectivity index (χ0v) is 13.9. The number of carbonyl (C=O) groups is 3. The van der Waals surface area contributed by atoms with Gasteiger partial charge in [-0.15, -0.1) is 11.3 Å². The van der Waals surface area contributed by atoms with Crippen LogP contribution in [0.1, 0.15) is 52.7 Å². The summed E-state index contributed by atoms with van der Waals surface area (Å²) in [5, 5.41) is 2.78. The first kappa shape index (κ1) is 16.7. The number of esters is 1. The lowest BCUT2D eigenvalue weighted by Crippen LogP contribution is -2.37. The second kappa shape index (κ2) is 7.05. The third-order valence-corrected chi connectivity index (χ3v) is 4.46. The predicted molar refractivity (Wildman–Crippen MR) is 84.1 cm³/mol. The van der Waals surface area contributed by atoms with Gasteiger partial charge < -0.3 is 10.1 Å². The van der Waals surface area contributed by atoms with Crippen molar-refractivity contribution in [3.05, 3.63) is 21.4 Å². The van der Waals surface area contributed by atoms with Crippen LogP contribution in [0.5, 0.6) is 0 Å². The van der Waals surface area contributed by atoms with Gasteiger partial charge in [0.25, 0.3) is 5.91 Å². The number of nitrogens with one attached hydrogen (secondary N) is 1. The van der Waals surface area contributed by atoms with E-state index >= 15 is 0 Å². The molecule has 1 saturated carbocycles. The monoisotopic (exact) mass is 323 g/mol. The molecule has 22 heavy (non-hydrogen) atoms. The van der Waals surface area contributed by atoms with Gasteiger partial charge in [-0.25, -0.2) is 0 Å². The summed E-state index contributed by atoms with van der Waals surface area (Å²) >= 11 is 1.57. The fourth-order valence-electron chi connectivity index (χ4n) is 2.11. The summed E-state index contributed by atoms with van der Waals surface area (Å²) in [6.45, 7) is 5.39. The van der Waals surface area contributed by atoms with Gasteiger partial charge >= 0.3 is 5.97 Å². The fourth-order valence-corrected chi connectivity index (χ4v) is 3.06. The van der Waals surface area contributed by atoms with Crippen LogP contribution >= 0.6 is 11.3 Å². The van der Waals surface area contributed by atoms with E-state index in [1.54, 1.807) is 18.3 Å².